The molecule has 33 heavy (non-hydrogen) atoms. The quantitative estimate of drug-likeness (QED) is 0.616. The number of Topliss-reactive ketones (excluding diaryl/α,β-unsaturated/α-hetero) is 1. The van der Waals surface area contributed by atoms with Gasteiger partial charge in [0.05, 0.1) is 12.2 Å². The molecule has 172 valence electrons. The topological polar surface area (TPSA) is 92.1 Å². The molecular weight excluding hydrogens is 416 g/mol. The van der Waals surface area contributed by atoms with Crippen LogP contribution in [0.1, 0.15) is 30.1 Å². The van der Waals surface area contributed by atoms with Crippen molar-refractivity contribution in [3.63, 3.8) is 0 Å². The molecule has 0 bridgehead atoms. The molecule has 0 radical (unpaired) electrons. The summed E-state index contributed by atoms with van der Waals surface area (Å²) in [5, 5.41) is 3.13. The smallest absolute Gasteiger partial charge is 0.156 e. The van der Waals surface area contributed by atoms with Crippen molar-refractivity contribution in [2.45, 2.75) is 31.7 Å². The minimum atomic E-state index is 0.180. The third-order valence-electron chi connectivity index (χ3n) is 6.46. The fourth-order valence-electron chi connectivity index (χ4n) is 4.68. The minimum absolute atomic E-state index is 0.180. The van der Waals surface area contributed by atoms with Gasteiger partial charge in [-0.3, -0.25) is 9.78 Å². The van der Waals surface area contributed by atoms with Crippen molar-refractivity contribution in [3.05, 3.63) is 48.4 Å². The van der Waals surface area contributed by atoms with Gasteiger partial charge in [-0.1, -0.05) is 0 Å². The minimum Gasteiger partial charge on any atom is -0.363 e. The average Bonchev–Trinajstić information content (AvgIpc) is 3.27. The molecule has 0 aromatic carbocycles. The fraction of sp³-hybridized carbons (Fsp3) is 0.458. The van der Waals surface area contributed by atoms with E-state index < -0.39 is 0 Å². The number of rotatable bonds is 6. The van der Waals surface area contributed by atoms with Crippen LogP contribution in [0.3, 0.4) is 0 Å². The van der Waals surface area contributed by atoms with Crippen LogP contribution in [0.4, 0.5) is 11.6 Å². The lowest BCUT2D eigenvalue weighted by Crippen LogP contribution is -2.36. The highest BCUT2D eigenvalue weighted by Gasteiger charge is 2.29. The molecule has 9 heteroatoms. The second-order valence-corrected chi connectivity index (χ2v) is 9.08. The Balaban J connectivity index is 1.36. The molecule has 0 aliphatic carbocycles. The Bertz CT molecular complexity index is 1120. The first kappa shape index (κ1) is 21.5. The first-order chi connectivity index (χ1) is 16.1. The molecule has 3 aromatic rings. The molecule has 2 aliphatic heterocycles. The zero-order chi connectivity index (χ0) is 22.8. The van der Waals surface area contributed by atoms with Crippen LogP contribution in [-0.2, 0) is 17.8 Å². The van der Waals surface area contributed by atoms with Crippen LogP contribution in [0.15, 0.2) is 37.1 Å². The van der Waals surface area contributed by atoms with Crippen molar-refractivity contribution in [1.29, 1.82) is 0 Å². The monoisotopic (exact) mass is 446 g/mol. The predicted octanol–water partition coefficient (Wildman–Crippen LogP) is 2.22. The van der Waals surface area contributed by atoms with Gasteiger partial charge in [0, 0.05) is 68.2 Å². The number of imidazole rings is 1. The molecule has 3 aromatic heterocycles. The van der Waals surface area contributed by atoms with Gasteiger partial charge in [0.2, 0.25) is 0 Å². The van der Waals surface area contributed by atoms with Gasteiger partial charge in [0.25, 0.3) is 0 Å². The molecule has 1 saturated heterocycles. The molecule has 0 spiro atoms. The maximum Gasteiger partial charge on any atom is 0.156 e. The van der Waals surface area contributed by atoms with Crippen LogP contribution in [0.25, 0.3) is 11.3 Å². The second kappa shape index (κ2) is 9.27. The molecule has 1 fully saturated rings. The van der Waals surface area contributed by atoms with Crippen molar-refractivity contribution in [1.82, 2.24) is 29.4 Å². The lowest BCUT2D eigenvalue weighted by molar-refractivity contribution is -0.117. The van der Waals surface area contributed by atoms with Crippen molar-refractivity contribution in [3.8, 4) is 11.3 Å². The summed E-state index contributed by atoms with van der Waals surface area (Å²) in [5.74, 6) is 3.40. The summed E-state index contributed by atoms with van der Waals surface area (Å²) in [6, 6.07) is 4.01. The highest BCUT2D eigenvalue weighted by molar-refractivity contribution is 5.90. The van der Waals surface area contributed by atoms with Crippen LogP contribution in [0.5, 0.6) is 0 Å². The van der Waals surface area contributed by atoms with Gasteiger partial charge >= 0.3 is 0 Å². The van der Waals surface area contributed by atoms with E-state index in [-0.39, 0.29) is 5.78 Å². The van der Waals surface area contributed by atoms with Gasteiger partial charge in [-0.05, 0) is 39.1 Å². The van der Waals surface area contributed by atoms with E-state index in [2.05, 4.69) is 61.0 Å². The Morgan fingerprint density at radius 1 is 1.21 bits per heavy atom. The summed E-state index contributed by atoms with van der Waals surface area (Å²) in [4.78, 5) is 34.7. The van der Waals surface area contributed by atoms with E-state index in [1.807, 2.05) is 12.3 Å². The number of carbonyl (C=O) groups is 1. The summed E-state index contributed by atoms with van der Waals surface area (Å²) in [6.07, 6.45) is 9.81. The Labute approximate surface area is 193 Å². The number of hydrogen-bond donors (Lipinski definition) is 1. The van der Waals surface area contributed by atoms with Gasteiger partial charge in [-0.15, -0.1) is 0 Å². The molecule has 0 amide bonds. The van der Waals surface area contributed by atoms with E-state index in [1.54, 1.807) is 12.5 Å². The zero-order valence-corrected chi connectivity index (χ0v) is 19.2. The number of carbonyl (C=O) groups excluding carboxylic acids is 1. The van der Waals surface area contributed by atoms with Gasteiger partial charge in [0.15, 0.2) is 5.78 Å². The molecule has 9 nitrogen and oxygen atoms in total. The highest BCUT2D eigenvalue weighted by atomic mass is 16.1. The summed E-state index contributed by atoms with van der Waals surface area (Å²) < 4.78 is 2.32. The van der Waals surface area contributed by atoms with Crippen molar-refractivity contribution in [2.75, 3.05) is 50.5 Å². The summed E-state index contributed by atoms with van der Waals surface area (Å²) in [6.45, 7) is 3.97. The second-order valence-electron chi connectivity index (χ2n) is 9.08. The molecule has 0 atom stereocenters. The standard InChI is InChI=1S/C24H30N8O/c1-30(2)10-11-32-15-21(18-4-3-7-25-13-18)29-23(32)17-5-8-31(9-6-17)24-20-12-19(33)14-26-22(20)27-16-28-24/h3-4,7,13,15-17H,5-6,8-12,14H2,1-2H3,(H,26,27,28). The van der Waals surface area contributed by atoms with Crippen molar-refractivity contribution in [2.24, 2.45) is 0 Å². The third-order valence-corrected chi connectivity index (χ3v) is 6.46. The third kappa shape index (κ3) is 4.59. The summed E-state index contributed by atoms with van der Waals surface area (Å²) >= 11 is 0. The highest BCUT2D eigenvalue weighted by Crippen LogP contribution is 2.34. The van der Waals surface area contributed by atoms with Gasteiger partial charge in [0.1, 0.15) is 23.8 Å². The molecule has 1 N–H and O–H groups in total. The van der Waals surface area contributed by atoms with E-state index in [9.17, 15) is 4.79 Å². The first-order valence-electron chi connectivity index (χ1n) is 11.5. The van der Waals surface area contributed by atoms with Crippen LogP contribution in [0, 0.1) is 0 Å². The van der Waals surface area contributed by atoms with E-state index >= 15 is 0 Å². The largest absolute Gasteiger partial charge is 0.363 e. The van der Waals surface area contributed by atoms with Crippen LogP contribution < -0.4 is 10.2 Å². The number of nitrogens with zero attached hydrogens (tertiary/aromatic N) is 7. The summed E-state index contributed by atoms with van der Waals surface area (Å²) in [7, 11) is 4.19. The molecule has 0 saturated carbocycles. The van der Waals surface area contributed by atoms with E-state index in [0.717, 1.165) is 73.3 Å². The van der Waals surface area contributed by atoms with Gasteiger partial charge < -0.3 is 19.7 Å². The average molecular weight is 447 g/mol. The number of pyridine rings is 1. The Morgan fingerprint density at radius 2 is 2.06 bits per heavy atom. The number of aromatic nitrogens is 5. The number of likely N-dealkylation sites (N-methyl/N-ethyl adjacent to an activating group) is 1. The molecule has 0 unspecified atom stereocenters. The Kier molecular flexibility index (Phi) is 6.04. The van der Waals surface area contributed by atoms with E-state index in [4.69, 9.17) is 4.98 Å². The predicted molar refractivity (Wildman–Crippen MR) is 127 cm³/mol. The van der Waals surface area contributed by atoms with Crippen molar-refractivity contribution < 1.29 is 4.79 Å². The SMILES string of the molecule is CN(C)CCn1cc(-c2cccnc2)nc1C1CCN(c2ncnc3c2CC(=O)CN3)CC1. The maximum atomic E-state index is 12.0. The van der Waals surface area contributed by atoms with Gasteiger partial charge in [-0.2, -0.15) is 0 Å². The maximum absolute atomic E-state index is 12.0. The lowest BCUT2D eigenvalue weighted by atomic mass is 9.95. The normalized spacial score (nSPS) is 16.7. The Morgan fingerprint density at radius 3 is 2.82 bits per heavy atom. The molecular formula is C24H30N8O. The number of piperidine rings is 1. The fourth-order valence-corrected chi connectivity index (χ4v) is 4.68. The van der Waals surface area contributed by atoms with Crippen molar-refractivity contribution >= 4 is 17.4 Å². The Hall–Kier alpha value is -3.33. The van der Waals surface area contributed by atoms with E-state index in [0.29, 0.717) is 18.9 Å². The van der Waals surface area contributed by atoms with Crippen LogP contribution in [-0.4, -0.2) is 75.5 Å². The van der Waals surface area contributed by atoms with E-state index in [1.165, 1.54) is 0 Å². The first-order valence-corrected chi connectivity index (χ1v) is 11.5. The molecule has 5 heterocycles. The molecule has 5 rings (SSSR count). The number of hydrogen-bond acceptors (Lipinski definition) is 8. The van der Waals surface area contributed by atoms with Crippen LogP contribution in [0.2, 0.25) is 0 Å². The number of anilines is 2. The number of nitrogens with one attached hydrogen (secondary N) is 1. The lowest BCUT2D eigenvalue weighted by Gasteiger charge is -2.34. The zero-order valence-electron chi connectivity index (χ0n) is 19.2. The molecule has 2 aliphatic rings. The number of ketones is 1. The summed E-state index contributed by atoms with van der Waals surface area (Å²) in [5.41, 5.74) is 2.96. The van der Waals surface area contributed by atoms with Gasteiger partial charge in [-0.25, -0.2) is 15.0 Å². The van der Waals surface area contributed by atoms with Crippen LogP contribution >= 0.6 is 0 Å². The number of fused-ring (bicyclic) bond motifs is 1.